The third-order valence-corrected chi connectivity index (χ3v) is 3.34. The largest absolute Gasteiger partial charge is 0.438 e. The molecule has 18 heavy (non-hydrogen) atoms. The van der Waals surface area contributed by atoms with Gasteiger partial charge in [0.05, 0.1) is 11.4 Å². The molecule has 94 valence electrons. The van der Waals surface area contributed by atoms with Crippen LogP contribution in [0.1, 0.15) is 16.7 Å². The topological polar surface area (TPSA) is 35.0 Å². The molecular formula is C13H12Cl2N2O. The van der Waals surface area contributed by atoms with Crippen LogP contribution < -0.4 is 4.74 Å². The first-order chi connectivity index (χ1) is 8.63. The standard InChI is InChI=1S/C13H12Cl2N2O/c1-8-4-3-5-11(9(8)2)18-13-10(6-14)12(15)16-7-17-13/h3-5,7H,6H2,1-2H3. The second kappa shape index (κ2) is 5.55. The molecule has 0 aliphatic rings. The number of benzene rings is 1. The lowest BCUT2D eigenvalue weighted by Crippen LogP contribution is -1.97. The molecule has 5 heteroatoms. The summed E-state index contributed by atoms with van der Waals surface area (Å²) in [6.45, 7) is 4.02. The Morgan fingerprint density at radius 2 is 2.00 bits per heavy atom. The van der Waals surface area contributed by atoms with Gasteiger partial charge in [0, 0.05) is 0 Å². The highest BCUT2D eigenvalue weighted by molar-refractivity contribution is 6.31. The van der Waals surface area contributed by atoms with Crippen LogP contribution in [0.5, 0.6) is 11.6 Å². The van der Waals surface area contributed by atoms with E-state index in [1.54, 1.807) is 0 Å². The molecule has 0 spiro atoms. The summed E-state index contributed by atoms with van der Waals surface area (Å²) in [6.07, 6.45) is 1.36. The van der Waals surface area contributed by atoms with Crippen molar-refractivity contribution >= 4 is 23.2 Å². The zero-order valence-electron chi connectivity index (χ0n) is 10.1. The van der Waals surface area contributed by atoms with Crippen LogP contribution in [0.2, 0.25) is 5.15 Å². The number of alkyl halides is 1. The van der Waals surface area contributed by atoms with Crippen LogP contribution in [-0.4, -0.2) is 9.97 Å². The van der Waals surface area contributed by atoms with Crippen LogP contribution >= 0.6 is 23.2 Å². The summed E-state index contributed by atoms with van der Waals surface area (Å²) in [6, 6.07) is 5.84. The molecule has 1 aromatic heterocycles. The molecule has 0 amide bonds. The molecule has 0 unspecified atom stereocenters. The van der Waals surface area contributed by atoms with Crippen molar-refractivity contribution in [2.45, 2.75) is 19.7 Å². The first-order valence-corrected chi connectivity index (χ1v) is 6.34. The van der Waals surface area contributed by atoms with E-state index in [9.17, 15) is 0 Å². The average molecular weight is 283 g/mol. The highest BCUT2D eigenvalue weighted by Crippen LogP contribution is 2.30. The van der Waals surface area contributed by atoms with E-state index < -0.39 is 0 Å². The van der Waals surface area contributed by atoms with Crippen LogP contribution in [0.4, 0.5) is 0 Å². The number of halogens is 2. The molecular weight excluding hydrogens is 271 g/mol. The lowest BCUT2D eigenvalue weighted by molar-refractivity contribution is 0.453. The maximum Gasteiger partial charge on any atom is 0.228 e. The molecule has 1 aromatic carbocycles. The second-order valence-corrected chi connectivity index (χ2v) is 4.51. The summed E-state index contributed by atoms with van der Waals surface area (Å²) in [5.41, 5.74) is 2.81. The van der Waals surface area contributed by atoms with Crippen molar-refractivity contribution in [1.29, 1.82) is 0 Å². The first-order valence-electron chi connectivity index (χ1n) is 5.43. The van der Waals surface area contributed by atoms with Crippen LogP contribution in [0.25, 0.3) is 0 Å². The summed E-state index contributed by atoms with van der Waals surface area (Å²) < 4.78 is 5.77. The molecule has 0 bridgehead atoms. The lowest BCUT2D eigenvalue weighted by atomic mass is 10.1. The van der Waals surface area contributed by atoms with E-state index in [-0.39, 0.29) is 5.88 Å². The van der Waals surface area contributed by atoms with E-state index in [4.69, 9.17) is 27.9 Å². The normalized spacial score (nSPS) is 10.4. The van der Waals surface area contributed by atoms with Crippen molar-refractivity contribution in [3.8, 4) is 11.6 Å². The summed E-state index contributed by atoms with van der Waals surface area (Å²) in [7, 11) is 0. The Morgan fingerprint density at radius 3 is 2.72 bits per heavy atom. The van der Waals surface area contributed by atoms with Gasteiger partial charge in [0.2, 0.25) is 5.88 Å². The Morgan fingerprint density at radius 1 is 1.22 bits per heavy atom. The van der Waals surface area contributed by atoms with Crippen LogP contribution in [0.15, 0.2) is 24.5 Å². The van der Waals surface area contributed by atoms with E-state index in [0.29, 0.717) is 16.6 Å². The van der Waals surface area contributed by atoms with E-state index >= 15 is 0 Å². The van der Waals surface area contributed by atoms with Gasteiger partial charge in [-0.05, 0) is 31.0 Å². The van der Waals surface area contributed by atoms with Gasteiger partial charge in [-0.2, -0.15) is 0 Å². The molecule has 2 rings (SSSR count). The van der Waals surface area contributed by atoms with E-state index in [0.717, 1.165) is 16.9 Å². The predicted molar refractivity (Wildman–Crippen MR) is 72.6 cm³/mol. The van der Waals surface area contributed by atoms with Gasteiger partial charge in [-0.25, -0.2) is 9.97 Å². The quantitative estimate of drug-likeness (QED) is 0.623. The van der Waals surface area contributed by atoms with Crippen LogP contribution in [0.3, 0.4) is 0 Å². The van der Waals surface area contributed by atoms with Crippen molar-refractivity contribution in [2.24, 2.45) is 0 Å². The zero-order valence-corrected chi connectivity index (χ0v) is 11.6. The molecule has 0 aliphatic heterocycles. The molecule has 0 fully saturated rings. The minimum absolute atomic E-state index is 0.208. The second-order valence-electron chi connectivity index (χ2n) is 3.88. The Labute approximate surface area is 116 Å². The van der Waals surface area contributed by atoms with Crippen molar-refractivity contribution in [3.63, 3.8) is 0 Å². The molecule has 1 heterocycles. The fraction of sp³-hybridized carbons (Fsp3) is 0.231. The minimum Gasteiger partial charge on any atom is -0.438 e. The summed E-state index contributed by atoms with van der Waals surface area (Å²) in [5, 5.41) is 0.320. The van der Waals surface area contributed by atoms with Crippen molar-refractivity contribution in [1.82, 2.24) is 9.97 Å². The van der Waals surface area contributed by atoms with Gasteiger partial charge in [-0.15, -0.1) is 11.6 Å². The van der Waals surface area contributed by atoms with E-state index in [1.165, 1.54) is 6.33 Å². The van der Waals surface area contributed by atoms with Gasteiger partial charge in [0.25, 0.3) is 0 Å². The molecule has 2 aromatic rings. The van der Waals surface area contributed by atoms with Crippen molar-refractivity contribution < 1.29 is 4.74 Å². The maximum atomic E-state index is 5.95. The van der Waals surface area contributed by atoms with E-state index in [1.807, 2.05) is 32.0 Å². The summed E-state index contributed by atoms with van der Waals surface area (Å²) >= 11 is 11.8. The molecule has 0 saturated heterocycles. The van der Waals surface area contributed by atoms with Gasteiger partial charge in [-0.1, -0.05) is 23.7 Å². The fourth-order valence-corrected chi connectivity index (χ4v) is 2.02. The van der Waals surface area contributed by atoms with Crippen molar-refractivity contribution in [3.05, 3.63) is 46.4 Å². The SMILES string of the molecule is Cc1cccc(Oc2ncnc(Cl)c2CCl)c1C. The van der Waals surface area contributed by atoms with Gasteiger partial charge >= 0.3 is 0 Å². The predicted octanol–water partition coefficient (Wildman–Crippen LogP) is 4.28. The molecule has 0 N–H and O–H groups in total. The number of hydrogen-bond donors (Lipinski definition) is 0. The Hall–Kier alpha value is -1.32. The van der Waals surface area contributed by atoms with E-state index in [2.05, 4.69) is 9.97 Å². The third-order valence-electron chi connectivity index (χ3n) is 2.75. The lowest BCUT2D eigenvalue weighted by Gasteiger charge is -2.12. The highest BCUT2D eigenvalue weighted by Gasteiger charge is 2.12. The Kier molecular flexibility index (Phi) is 4.04. The average Bonchev–Trinajstić information content (AvgIpc) is 2.35. The Balaban J connectivity index is 2.40. The molecule has 0 atom stereocenters. The monoisotopic (exact) mass is 282 g/mol. The number of hydrogen-bond acceptors (Lipinski definition) is 3. The number of ether oxygens (including phenoxy) is 1. The molecule has 0 aliphatic carbocycles. The first kappa shape index (κ1) is 13.1. The molecule has 3 nitrogen and oxygen atoms in total. The fourth-order valence-electron chi connectivity index (χ4n) is 1.52. The summed E-state index contributed by atoms with van der Waals surface area (Å²) in [4.78, 5) is 7.96. The van der Waals surface area contributed by atoms with Crippen LogP contribution in [-0.2, 0) is 5.88 Å². The highest BCUT2D eigenvalue weighted by atomic mass is 35.5. The Bertz CT molecular complexity index is 573. The minimum atomic E-state index is 0.208. The van der Waals surface area contributed by atoms with Crippen LogP contribution in [0, 0.1) is 13.8 Å². The number of rotatable bonds is 3. The molecule has 0 radical (unpaired) electrons. The number of nitrogens with zero attached hydrogens (tertiary/aromatic N) is 2. The number of aromatic nitrogens is 2. The summed E-state index contributed by atoms with van der Waals surface area (Å²) in [5.74, 6) is 1.36. The van der Waals surface area contributed by atoms with Gasteiger partial charge in [0.15, 0.2) is 0 Å². The maximum absolute atomic E-state index is 5.95. The van der Waals surface area contributed by atoms with Gasteiger partial charge in [0.1, 0.15) is 17.2 Å². The molecule has 0 saturated carbocycles. The smallest absolute Gasteiger partial charge is 0.228 e. The van der Waals surface area contributed by atoms with Gasteiger partial charge < -0.3 is 4.74 Å². The zero-order chi connectivity index (χ0) is 13.1. The van der Waals surface area contributed by atoms with Gasteiger partial charge in [-0.3, -0.25) is 0 Å². The van der Waals surface area contributed by atoms with Crippen molar-refractivity contribution in [2.75, 3.05) is 0 Å². The third kappa shape index (κ3) is 2.57. The number of aryl methyl sites for hydroxylation is 1.